The number of amides is 2. The van der Waals surface area contributed by atoms with Crippen molar-refractivity contribution < 1.29 is 9.72 Å². The Morgan fingerprint density at radius 2 is 2.33 bits per heavy atom. The van der Waals surface area contributed by atoms with E-state index in [2.05, 4.69) is 20.7 Å². The maximum absolute atomic E-state index is 12.2. The number of nitro groups is 1. The molecule has 2 amide bonds. The van der Waals surface area contributed by atoms with Crippen molar-refractivity contribution in [3.8, 4) is 0 Å². The largest absolute Gasteiger partial charge is 0.334 e. The van der Waals surface area contributed by atoms with E-state index in [1.165, 1.54) is 18.5 Å². The van der Waals surface area contributed by atoms with Crippen molar-refractivity contribution in [3.05, 3.63) is 52.1 Å². The van der Waals surface area contributed by atoms with Crippen molar-refractivity contribution in [2.75, 3.05) is 0 Å². The molecule has 0 fully saturated rings. The predicted octanol–water partition coefficient (Wildman–Crippen LogP) is 1.56. The fraction of sp³-hybridized carbons (Fsp3) is 0.400. The van der Waals surface area contributed by atoms with Gasteiger partial charge < -0.3 is 10.6 Å². The summed E-state index contributed by atoms with van der Waals surface area (Å²) in [6.07, 6.45) is 3.09. The van der Waals surface area contributed by atoms with Gasteiger partial charge in [0, 0.05) is 18.6 Å². The summed E-state index contributed by atoms with van der Waals surface area (Å²) < 4.78 is 1.79. The van der Waals surface area contributed by atoms with E-state index in [0.717, 1.165) is 18.7 Å². The molecule has 2 atom stereocenters. The molecule has 24 heavy (non-hydrogen) atoms. The number of fused-ring (bicyclic) bond motifs is 1. The van der Waals surface area contributed by atoms with Gasteiger partial charge in [-0.05, 0) is 18.9 Å². The van der Waals surface area contributed by atoms with Crippen LogP contribution in [0.5, 0.6) is 0 Å². The van der Waals surface area contributed by atoms with E-state index in [-0.39, 0.29) is 23.8 Å². The maximum Gasteiger partial charge on any atom is 0.315 e. The number of urea groups is 1. The summed E-state index contributed by atoms with van der Waals surface area (Å²) in [5.74, 6) is 0.929. The van der Waals surface area contributed by atoms with Gasteiger partial charge in [-0.25, -0.2) is 14.5 Å². The van der Waals surface area contributed by atoms with E-state index in [1.807, 2.05) is 0 Å². The van der Waals surface area contributed by atoms with E-state index in [0.29, 0.717) is 12.1 Å². The third-order valence-corrected chi connectivity index (χ3v) is 4.07. The summed E-state index contributed by atoms with van der Waals surface area (Å²) in [4.78, 5) is 26.7. The maximum atomic E-state index is 12.2. The van der Waals surface area contributed by atoms with Crippen LogP contribution in [0, 0.1) is 10.1 Å². The highest BCUT2D eigenvalue weighted by Gasteiger charge is 2.22. The fourth-order valence-electron chi connectivity index (χ4n) is 2.77. The Hall–Kier alpha value is -2.97. The summed E-state index contributed by atoms with van der Waals surface area (Å²) >= 11 is 0. The lowest BCUT2D eigenvalue weighted by molar-refractivity contribution is -0.384. The molecule has 0 bridgehead atoms. The minimum Gasteiger partial charge on any atom is -0.334 e. The molecule has 2 heterocycles. The Morgan fingerprint density at radius 1 is 1.50 bits per heavy atom. The second kappa shape index (κ2) is 6.65. The molecule has 1 aliphatic heterocycles. The third kappa shape index (κ3) is 3.50. The number of nitro benzene ring substituents is 1. The van der Waals surface area contributed by atoms with Crippen LogP contribution in [-0.2, 0) is 13.0 Å². The van der Waals surface area contributed by atoms with Crippen molar-refractivity contribution in [2.45, 2.75) is 38.4 Å². The van der Waals surface area contributed by atoms with Gasteiger partial charge in [0.15, 0.2) is 0 Å². The first-order valence-electron chi connectivity index (χ1n) is 7.71. The standard InChI is InChI=1S/C15H18N6O3/c1-10(11-3-2-4-13(7-11)21(23)24)18-15(22)19-12-5-6-14-16-9-17-20(14)8-12/h2-4,7,9-10,12H,5-6,8H2,1H3,(H2,18,19,22)/t10-,12+/m1/s1. The highest BCUT2D eigenvalue weighted by Crippen LogP contribution is 2.19. The van der Waals surface area contributed by atoms with Gasteiger partial charge in [-0.1, -0.05) is 12.1 Å². The molecule has 0 saturated heterocycles. The lowest BCUT2D eigenvalue weighted by Crippen LogP contribution is -2.46. The van der Waals surface area contributed by atoms with E-state index < -0.39 is 4.92 Å². The van der Waals surface area contributed by atoms with Crippen molar-refractivity contribution in [1.29, 1.82) is 0 Å². The number of carbonyl (C=O) groups is 1. The van der Waals surface area contributed by atoms with Crippen LogP contribution in [-0.4, -0.2) is 31.8 Å². The van der Waals surface area contributed by atoms with Crippen LogP contribution in [0.25, 0.3) is 0 Å². The Labute approximate surface area is 138 Å². The number of hydrogen-bond donors (Lipinski definition) is 2. The minimum atomic E-state index is -0.450. The topological polar surface area (TPSA) is 115 Å². The normalized spacial score (nSPS) is 17.6. The lowest BCUT2D eigenvalue weighted by atomic mass is 10.1. The molecule has 9 heteroatoms. The zero-order chi connectivity index (χ0) is 17.1. The number of benzene rings is 1. The van der Waals surface area contributed by atoms with Crippen LogP contribution < -0.4 is 10.6 Å². The van der Waals surface area contributed by atoms with E-state index >= 15 is 0 Å². The molecule has 1 aliphatic rings. The van der Waals surface area contributed by atoms with Crippen LogP contribution in [0.15, 0.2) is 30.6 Å². The molecule has 0 radical (unpaired) electrons. The molecule has 126 valence electrons. The van der Waals surface area contributed by atoms with Crippen molar-refractivity contribution in [1.82, 2.24) is 25.4 Å². The molecule has 0 aliphatic carbocycles. The fourth-order valence-corrected chi connectivity index (χ4v) is 2.77. The predicted molar refractivity (Wildman–Crippen MR) is 85.3 cm³/mol. The van der Waals surface area contributed by atoms with Gasteiger partial charge in [0.25, 0.3) is 5.69 Å². The first kappa shape index (κ1) is 15.9. The van der Waals surface area contributed by atoms with Crippen LogP contribution in [0.2, 0.25) is 0 Å². The Balaban J connectivity index is 1.57. The Kier molecular flexibility index (Phi) is 4.41. The highest BCUT2D eigenvalue weighted by atomic mass is 16.6. The number of aromatic nitrogens is 3. The van der Waals surface area contributed by atoms with Crippen molar-refractivity contribution in [2.24, 2.45) is 0 Å². The molecule has 1 aromatic carbocycles. The third-order valence-electron chi connectivity index (χ3n) is 4.07. The zero-order valence-corrected chi connectivity index (χ0v) is 13.2. The van der Waals surface area contributed by atoms with Crippen molar-refractivity contribution >= 4 is 11.7 Å². The second-order valence-corrected chi connectivity index (χ2v) is 5.79. The van der Waals surface area contributed by atoms with Gasteiger partial charge in [0.2, 0.25) is 0 Å². The number of non-ortho nitro benzene ring substituents is 1. The number of nitrogens with one attached hydrogen (secondary N) is 2. The lowest BCUT2D eigenvalue weighted by Gasteiger charge is -2.24. The van der Waals surface area contributed by atoms with Gasteiger partial charge in [-0.3, -0.25) is 10.1 Å². The summed E-state index contributed by atoms with van der Waals surface area (Å²) in [7, 11) is 0. The molecular formula is C15H18N6O3. The smallest absolute Gasteiger partial charge is 0.315 e. The van der Waals surface area contributed by atoms with Gasteiger partial charge in [-0.15, -0.1) is 0 Å². The van der Waals surface area contributed by atoms with Gasteiger partial charge >= 0.3 is 6.03 Å². The zero-order valence-electron chi connectivity index (χ0n) is 13.2. The molecular weight excluding hydrogens is 312 g/mol. The quantitative estimate of drug-likeness (QED) is 0.652. The van der Waals surface area contributed by atoms with Crippen LogP contribution >= 0.6 is 0 Å². The molecule has 9 nitrogen and oxygen atoms in total. The minimum absolute atomic E-state index is 0.00699. The van der Waals surface area contributed by atoms with E-state index in [1.54, 1.807) is 23.7 Å². The molecule has 3 rings (SSSR count). The van der Waals surface area contributed by atoms with E-state index in [9.17, 15) is 14.9 Å². The highest BCUT2D eigenvalue weighted by molar-refractivity contribution is 5.74. The molecule has 0 spiro atoms. The molecule has 0 saturated carbocycles. The first-order valence-corrected chi connectivity index (χ1v) is 7.71. The summed E-state index contributed by atoms with van der Waals surface area (Å²) in [5, 5.41) is 20.7. The Bertz CT molecular complexity index is 759. The van der Waals surface area contributed by atoms with Gasteiger partial charge in [-0.2, -0.15) is 5.10 Å². The second-order valence-electron chi connectivity index (χ2n) is 5.79. The summed E-state index contributed by atoms with van der Waals surface area (Å²) in [6, 6.07) is 5.59. The molecule has 0 unspecified atom stereocenters. The molecule has 2 aromatic rings. The number of nitrogens with zero attached hydrogens (tertiary/aromatic N) is 4. The molecule has 1 aromatic heterocycles. The number of aryl methyl sites for hydroxylation is 1. The van der Waals surface area contributed by atoms with Gasteiger partial charge in [0.1, 0.15) is 12.2 Å². The summed E-state index contributed by atoms with van der Waals surface area (Å²) in [5.41, 5.74) is 0.689. The first-order chi connectivity index (χ1) is 11.5. The van der Waals surface area contributed by atoms with Crippen molar-refractivity contribution in [3.63, 3.8) is 0 Å². The average molecular weight is 330 g/mol. The SMILES string of the molecule is C[C@@H](NC(=O)N[C@H]1CCc2ncnn2C1)c1cccc([N+](=O)[O-])c1. The Morgan fingerprint density at radius 3 is 3.12 bits per heavy atom. The van der Waals surface area contributed by atoms with Gasteiger partial charge in [0.05, 0.1) is 23.6 Å². The summed E-state index contributed by atoms with van der Waals surface area (Å²) in [6.45, 7) is 2.38. The van der Waals surface area contributed by atoms with Crippen LogP contribution in [0.1, 0.15) is 30.8 Å². The van der Waals surface area contributed by atoms with E-state index in [4.69, 9.17) is 0 Å². The number of carbonyl (C=O) groups excluding carboxylic acids is 1. The number of hydrogen-bond acceptors (Lipinski definition) is 5. The van der Waals surface area contributed by atoms with Crippen LogP contribution in [0.3, 0.4) is 0 Å². The van der Waals surface area contributed by atoms with Crippen LogP contribution in [0.4, 0.5) is 10.5 Å². The number of rotatable bonds is 4. The average Bonchev–Trinajstić information content (AvgIpc) is 3.02. The molecule has 2 N–H and O–H groups in total. The monoisotopic (exact) mass is 330 g/mol.